The van der Waals surface area contributed by atoms with E-state index in [-0.39, 0.29) is 36.8 Å². The third-order valence-corrected chi connectivity index (χ3v) is 9.50. The summed E-state index contributed by atoms with van der Waals surface area (Å²) < 4.78 is 38.6. The highest BCUT2D eigenvalue weighted by atomic mass is 32.2. The first kappa shape index (κ1) is 27.7. The molecule has 9 nitrogen and oxygen atoms in total. The Morgan fingerprint density at radius 2 is 1.81 bits per heavy atom. The zero-order chi connectivity index (χ0) is 26.7. The van der Waals surface area contributed by atoms with Crippen molar-refractivity contribution >= 4 is 38.2 Å². The van der Waals surface area contributed by atoms with E-state index in [2.05, 4.69) is 17.1 Å². The summed E-state index contributed by atoms with van der Waals surface area (Å²) >= 11 is 1.41. The van der Waals surface area contributed by atoms with Crippen molar-refractivity contribution in [1.82, 2.24) is 9.21 Å². The van der Waals surface area contributed by atoms with Gasteiger partial charge in [0.2, 0.25) is 10.0 Å². The second kappa shape index (κ2) is 11.6. The second-order valence-corrected chi connectivity index (χ2v) is 12.6. The number of carbonyl (C=O) groups excluding carboxylic acids is 2. The molecule has 1 aromatic carbocycles. The third-order valence-electron chi connectivity index (χ3n) is 6.52. The first-order valence-corrected chi connectivity index (χ1v) is 15.0. The maximum Gasteiger partial charge on any atom is 0.341 e. The van der Waals surface area contributed by atoms with E-state index in [1.54, 1.807) is 6.92 Å². The van der Waals surface area contributed by atoms with Crippen LogP contribution < -0.4 is 5.32 Å². The van der Waals surface area contributed by atoms with Gasteiger partial charge in [-0.15, -0.1) is 11.3 Å². The minimum absolute atomic E-state index is 0.125. The first-order valence-electron chi connectivity index (χ1n) is 12.7. The van der Waals surface area contributed by atoms with Crippen LogP contribution in [-0.4, -0.2) is 74.5 Å². The predicted octanol–water partition coefficient (Wildman–Crippen LogP) is 3.74. The molecule has 1 aromatic heterocycles. The summed E-state index contributed by atoms with van der Waals surface area (Å²) in [5, 5.41) is 3.36. The number of nitrogens with zero attached hydrogens (tertiary/aromatic N) is 2. The molecule has 1 fully saturated rings. The summed E-state index contributed by atoms with van der Waals surface area (Å²) in [6.45, 7) is 11.0. The van der Waals surface area contributed by atoms with Gasteiger partial charge in [0.1, 0.15) is 5.00 Å². The molecular formula is C26H35N3O6S2. The SMILES string of the molecule is CCCN1CCc2c(sc(NC(=O)c3ccc(S(=O)(=O)N4CC(C)OC(C)C4)cc3)c2C(=O)OCC)C1. The number of amides is 1. The lowest BCUT2D eigenvalue weighted by molar-refractivity contribution is -0.0440. The molecule has 2 aromatic rings. The Kier molecular flexibility index (Phi) is 8.70. The van der Waals surface area contributed by atoms with Crippen molar-refractivity contribution in [3.63, 3.8) is 0 Å². The molecule has 11 heteroatoms. The molecule has 2 aliphatic rings. The van der Waals surface area contributed by atoms with Crippen LogP contribution in [0.1, 0.15) is 65.3 Å². The molecule has 0 saturated carbocycles. The zero-order valence-electron chi connectivity index (χ0n) is 21.8. The fraction of sp³-hybridized carbons (Fsp3) is 0.538. The fourth-order valence-corrected chi connectivity index (χ4v) is 7.76. The largest absolute Gasteiger partial charge is 0.462 e. The molecule has 0 spiro atoms. The van der Waals surface area contributed by atoms with Gasteiger partial charge in [0.05, 0.1) is 29.3 Å². The number of nitrogens with one attached hydrogen (secondary N) is 1. The van der Waals surface area contributed by atoms with Crippen LogP contribution in [-0.2, 0) is 32.5 Å². The minimum atomic E-state index is -3.71. The molecule has 4 rings (SSSR count). The number of sulfonamides is 1. The van der Waals surface area contributed by atoms with Gasteiger partial charge in [-0.25, -0.2) is 13.2 Å². The highest BCUT2D eigenvalue weighted by Gasteiger charge is 2.33. The van der Waals surface area contributed by atoms with Crippen molar-refractivity contribution in [3.05, 3.63) is 45.8 Å². The summed E-state index contributed by atoms with van der Waals surface area (Å²) in [6, 6.07) is 5.89. The smallest absolute Gasteiger partial charge is 0.341 e. The molecular weight excluding hydrogens is 514 g/mol. The lowest BCUT2D eigenvalue weighted by Crippen LogP contribution is -2.48. The number of esters is 1. The van der Waals surface area contributed by atoms with Gasteiger partial charge in [-0.1, -0.05) is 6.92 Å². The van der Waals surface area contributed by atoms with Gasteiger partial charge < -0.3 is 14.8 Å². The Hall–Kier alpha value is -2.31. The molecule has 202 valence electrons. The molecule has 3 heterocycles. The number of carbonyl (C=O) groups is 2. The molecule has 1 saturated heterocycles. The summed E-state index contributed by atoms with van der Waals surface area (Å²) in [7, 11) is -3.71. The van der Waals surface area contributed by atoms with Crippen molar-refractivity contribution < 1.29 is 27.5 Å². The Morgan fingerprint density at radius 3 is 2.43 bits per heavy atom. The number of fused-ring (bicyclic) bond motifs is 1. The number of benzene rings is 1. The van der Waals surface area contributed by atoms with Crippen molar-refractivity contribution in [2.24, 2.45) is 0 Å². The molecule has 1 N–H and O–H groups in total. The van der Waals surface area contributed by atoms with E-state index in [0.29, 0.717) is 16.1 Å². The van der Waals surface area contributed by atoms with Crippen molar-refractivity contribution in [2.45, 2.75) is 64.2 Å². The molecule has 2 unspecified atom stereocenters. The summed E-state index contributed by atoms with van der Waals surface area (Å²) in [5.74, 6) is -0.846. The summed E-state index contributed by atoms with van der Waals surface area (Å²) in [4.78, 5) is 29.5. The normalized spacial score (nSPS) is 20.9. The van der Waals surface area contributed by atoms with E-state index in [9.17, 15) is 18.0 Å². The van der Waals surface area contributed by atoms with Crippen LogP contribution in [0.5, 0.6) is 0 Å². The van der Waals surface area contributed by atoms with Crippen molar-refractivity contribution in [3.8, 4) is 0 Å². The average molecular weight is 550 g/mol. The number of hydrogen-bond donors (Lipinski definition) is 1. The monoisotopic (exact) mass is 549 g/mol. The van der Waals surface area contributed by atoms with Crippen LogP contribution in [0.25, 0.3) is 0 Å². The average Bonchev–Trinajstić information content (AvgIpc) is 3.21. The summed E-state index contributed by atoms with van der Waals surface area (Å²) in [5.41, 5.74) is 1.68. The van der Waals surface area contributed by atoms with Gasteiger partial charge >= 0.3 is 5.97 Å². The van der Waals surface area contributed by atoms with Crippen LogP contribution in [0.3, 0.4) is 0 Å². The first-order chi connectivity index (χ1) is 17.6. The minimum Gasteiger partial charge on any atom is -0.462 e. The van der Waals surface area contributed by atoms with Gasteiger partial charge in [0.15, 0.2) is 0 Å². The number of anilines is 1. The lowest BCUT2D eigenvalue weighted by atomic mass is 10.0. The lowest BCUT2D eigenvalue weighted by Gasteiger charge is -2.34. The number of ether oxygens (including phenoxy) is 2. The van der Waals surface area contributed by atoms with E-state index in [1.807, 2.05) is 13.8 Å². The van der Waals surface area contributed by atoms with Gasteiger partial charge in [0.25, 0.3) is 5.91 Å². The quantitative estimate of drug-likeness (QED) is 0.500. The van der Waals surface area contributed by atoms with Gasteiger partial charge in [0, 0.05) is 36.6 Å². The topological polar surface area (TPSA) is 105 Å². The van der Waals surface area contributed by atoms with Crippen LogP contribution in [0.2, 0.25) is 0 Å². The maximum absolute atomic E-state index is 13.1. The van der Waals surface area contributed by atoms with Crippen LogP contribution >= 0.6 is 11.3 Å². The fourth-order valence-electron chi connectivity index (χ4n) is 4.90. The highest BCUT2D eigenvalue weighted by molar-refractivity contribution is 7.89. The second-order valence-electron chi connectivity index (χ2n) is 9.51. The van der Waals surface area contributed by atoms with Crippen LogP contribution in [0, 0.1) is 0 Å². The van der Waals surface area contributed by atoms with Crippen molar-refractivity contribution in [1.29, 1.82) is 0 Å². The summed E-state index contributed by atoms with van der Waals surface area (Å²) in [6.07, 6.45) is 1.39. The van der Waals surface area contributed by atoms with Crippen LogP contribution in [0.4, 0.5) is 5.00 Å². The Labute approximate surface area is 222 Å². The maximum atomic E-state index is 13.1. The Bertz CT molecular complexity index is 1230. The van der Waals surface area contributed by atoms with Gasteiger partial charge in [-0.05, 0) is 70.0 Å². The molecule has 1 amide bonds. The van der Waals surface area contributed by atoms with E-state index >= 15 is 0 Å². The third kappa shape index (κ3) is 6.06. The molecule has 2 atom stereocenters. The highest BCUT2D eigenvalue weighted by Crippen LogP contribution is 2.38. The Morgan fingerprint density at radius 1 is 1.14 bits per heavy atom. The number of rotatable bonds is 8. The van der Waals surface area contributed by atoms with Gasteiger partial charge in [-0.3, -0.25) is 9.69 Å². The molecule has 37 heavy (non-hydrogen) atoms. The van der Waals surface area contributed by atoms with E-state index in [4.69, 9.17) is 9.47 Å². The van der Waals surface area contributed by atoms with E-state index in [1.165, 1.54) is 39.9 Å². The molecule has 0 bridgehead atoms. The number of morpholine rings is 1. The zero-order valence-corrected chi connectivity index (χ0v) is 23.4. The molecule has 0 radical (unpaired) electrons. The Balaban J connectivity index is 1.54. The molecule has 2 aliphatic heterocycles. The standard InChI is InChI=1S/C26H35N3O6S2/c1-5-12-28-13-11-21-22(16-28)36-25(23(21)26(31)34-6-2)27-24(30)19-7-9-20(10-8-19)37(32,33)29-14-17(3)35-18(4)15-29/h7-10,17-18H,5-6,11-16H2,1-4H3,(H,27,30). The van der Waals surface area contributed by atoms with E-state index < -0.39 is 21.9 Å². The number of hydrogen-bond acceptors (Lipinski definition) is 8. The number of thiophene rings is 1. The van der Waals surface area contributed by atoms with E-state index in [0.717, 1.165) is 42.9 Å². The molecule has 0 aliphatic carbocycles. The van der Waals surface area contributed by atoms with Gasteiger partial charge in [-0.2, -0.15) is 4.31 Å². The van der Waals surface area contributed by atoms with Crippen LogP contribution in [0.15, 0.2) is 29.2 Å². The predicted molar refractivity (Wildman–Crippen MR) is 143 cm³/mol. The van der Waals surface area contributed by atoms with Crippen molar-refractivity contribution in [2.75, 3.05) is 38.1 Å².